The van der Waals surface area contributed by atoms with Crippen molar-refractivity contribution in [1.82, 2.24) is 65.8 Å². The summed E-state index contributed by atoms with van der Waals surface area (Å²) in [5.41, 5.74) is 0.841. The van der Waals surface area contributed by atoms with E-state index in [9.17, 15) is 57.8 Å². The predicted octanol–water partition coefficient (Wildman–Crippen LogP) is 4.54. The van der Waals surface area contributed by atoms with Crippen molar-refractivity contribution in [2.45, 2.75) is 242 Å². The van der Waals surface area contributed by atoms with Crippen LogP contribution in [0.25, 0.3) is 0 Å². The molecule has 0 aliphatic carbocycles. The summed E-state index contributed by atoms with van der Waals surface area (Å²) < 4.78 is 17.2. The molecule has 1 aliphatic heterocycles. The summed E-state index contributed by atoms with van der Waals surface area (Å²) in [7, 11) is 10.0. The first-order valence-corrected chi connectivity index (χ1v) is 38.6. The number of nitrogens with zero attached hydrogens (tertiary/aromatic N) is 8. The normalized spacial score (nSPS) is 16.3. The Labute approximate surface area is 653 Å². The standard InChI is InChI=1S/C79H133N13O18/c1-26-28-32-51(13)67(110-56(18)93)66(71(98)83-58(27-2)78(105)106)90(25)77(104)64(50(11)12)88(23)74(101)59(36-35-46(3)4)85(20)75(102)61(42-48(7)8)87(22)73(100)55(17)82-68(95)53(15)81-69(96)60(41-47(5)6)86(21)76(103)63(49(9)10)84-70(97)65(89(24)72(99)54(16)80-19)52(14)43-108-45-62(94)91-37-39-92(40-38-91)79(107)109-44-57-33-30-29-31-34-57/h26,28-31,33-34,46-55,58-61,63-67,80H,27,32,35-45H2,1-25H3,(H,81,96)(H,82,95)(H,83,98)(H,84,97)(H,105,106)/b28-26+/t51-,52-,53+,54+,55-,58+,59+,60+,61+,63-,64+,65-,66+,67-/m1/s1. The molecule has 1 heterocycles. The first kappa shape index (κ1) is 97.3. The highest BCUT2D eigenvalue weighted by Gasteiger charge is 2.47. The number of carboxylic acid groups (broad SMARTS) is 1. The van der Waals surface area contributed by atoms with E-state index < -0.39 is 173 Å². The third kappa shape index (κ3) is 29.2. The van der Waals surface area contributed by atoms with Crippen LogP contribution < -0.4 is 26.6 Å². The highest BCUT2D eigenvalue weighted by atomic mass is 16.6. The molecule has 0 bridgehead atoms. The zero-order valence-electron chi connectivity index (χ0n) is 70.2. The molecule has 12 amide bonds. The summed E-state index contributed by atoms with van der Waals surface area (Å²) in [6.07, 6.45) is 2.87. The summed E-state index contributed by atoms with van der Waals surface area (Å²) in [6, 6.07) is -4.40. The topological polar surface area (TPSA) is 373 Å². The lowest BCUT2D eigenvalue weighted by atomic mass is 9.91. The maximum atomic E-state index is 15.3. The molecule has 2 rings (SSSR count). The van der Waals surface area contributed by atoms with Crippen LogP contribution >= 0.6 is 0 Å². The van der Waals surface area contributed by atoms with Crippen LogP contribution in [0.4, 0.5) is 4.79 Å². The number of allylic oxidation sites excluding steroid dienone is 2. The van der Waals surface area contributed by atoms with Gasteiger partial charge < -0.3 is 85.1 Å². The number of aliphatic carboxylic acids is 1. The number of amides is 12. The van der Waals surface area contributed by atoms with Crippen molar-refractivity contribution in [3.8, 4) is 0 Å². The predicted molar refractivity (Wildman–Crippen MR) is 416 cm³/mol. The van der Waals surface area contributed by atoms with Gasteiger partial charge >= 0.3 is 18.0 Å². The average molecular weight is 1550 g/mol. The van der Waals surface area contributed by atoms with Gasteiger partial charge in [0, 0.05) is 81.3 Å². The van der Waals surface area contributed by atoms with Crippen LogP contribution in [0, 0.1) is 41.4 Å². The fraction of sp³-hybridized carbons (Fsp3) is 0.722. The molecule has 1 saturated heterocycles. The molecule has 31 nitrogen and oxygen atoms in total. The largest absolute Gasteiger partial charge is 0.480 e. The van der Waals surface area contributed by atoms with Crippen LogP contribution in [-0.4, -0.2) is 289 Å². The van der Waals surface area contributed by atoms with Gasteiger partial charge in [-0.2, -0.15) is 0 Å². The molecule has 1 aromatic carbocycles. The fourth-order valence-corrected chi connectivity index (χ4v) is 13.3. The van der Waals surface area contributed by atoms with Crippen molar-refractivity contribution in [2.75, 3.05) is 88.7 Å². The van der Waals surface area contributed by atoms with Crippen molar-refractivity contribution in [2.24, 2.45) is 41.4 Å². The Hall–Kier alpha value is -8.74. The minimum Gasteiger partial charge on any atom is -0.480 e. The van der Waals surface area contributed by atoms with Crippen LogP contribution in [-0.2, 0) is 83.1 Å². The number of carbonyl (C=O) groups is 14. The molecule has 1 fully saturated rings. The van der Waals surface area contributed by atoms with E-state index >= 15 is 14.4 Å². The van der Waals surface area contributed by atoms with Gasteiger partial charge in [0.2, 0.25) is 65.0 Å². The second-order valence-corrected chi connectivity index (χ2v) is 31.3. The molecular weight excluding hydrogens is 1420 g/mol. The molecule has 14 atom stereocenters. The third-order valence-corrected chi connectivity index (χ3v) is 20.1. The van der Waals surface area contributed by atoms with Crippen molar-refractivity contribution < 1.29 is 86.4 Å². The van der Waals surface area contributed by atoms with Crippen molar-refractivity contribution in [3.05, 3.63) is 48.0 Å². The van der Waals surface area contributed by atoms with Crippen LogP contribution in [0.1, 0.15) is 169 Å². The molecule has 0 spiro atoms. The van der Waals surface area contributed by atoms with E-state index in [2.05, 4.69) is 26.6 Å². The summed E-state index contributed by atoms with van der Waals surface area (Å²) in [5, 5.41) is 23.6. The van der Waals surface area contributed by atoms with E-state index in [1.54, 1.807) is 86.4 Å². The molecule has 1 aliphatic rings. The number of likely N-dealkylation sites (N-methyl/N-ethyl adjacent to an activating group) is 7. The van der Waals surface area contributed by atoms with E-state index in [1.165, 1.54) is 85.5 Å². The molecule has 0 aromatic heterocycles. The van der Waals surface area contributed by atoms with E-state index in [0.717, 1.165) is 17.4 Å². The summed E-state index contributed by atoms with van der Waals surface area (Å²) in [4.78, 5) is 208. The fourth-order valence-electron chi connectivity index (χ4n) is 13.3. The average Bonchev–Trinajstić information content (AvgIpc) is 0.797. The van der Waals surface area contributed by atoms with E-state index in [1.807, 2.05) is 71.9 Å². The van der Waals surface area contributed by atoms with Crippen LogP contribution in [0.5, 0.6) is 0 Å². The van der Waals surface area contributed by atoms with Gasteiger partial charge in [-0.1, -0.05) is 132 Å². The maximum absolute atomic E-state index is 15.3. The lowest BCUT2D eigenvalue weighted by Gasteiger charge is -2.42. The summed E-state index contributed by atoms with van der Waals surface area (Å²) >= 11 is 0. The number of ether oxygens (including phenoxy) is 3. The molecule has 31 heteroatoms. The molecular formula is C79H133N13O18. The maximum Gasteiger partial charge on any atom is 0.410 e. The van der Waals surface area contributed by atoms with Gasteiger partial charge in [0.05, 0.1) is 12.6 Å². The monoisotopic (exact) mass is 1550 g/mol. The number of hydrogen-bond acceptors (Lipinski definition) is 18. The van der Waals surface area contributed by atoms with Crippen molar-refractivity contribution in [3.63, 3.8) is 0 Å². The van der Waals surface area contributed by atoms with Gasteiger partial charge in [0.25, 0.3) is 0 Å². The number of hydrogen-bond donors (Lipinski definition) is 6. The Balaban J connectivity index is 2.42. The molecule has 0 radical (unpaired) electrons. The smallest absolute Gasteiger partial charge is 0.410 e. The number of esters is 1. The van der Waals surface area contributed by atoms with Gasteiger partial charge in [-0.3, -0.25) is 57.5 Å². The van der Waals surface area contributed by atoms with Crippen molar-refractivity contribution >= 4 is 83.0 Å². The van der Waals surface area contributed by atoms with E-state index in [4.69, 9.17) is 14.2 Å². The van der Waals surface area contributed by atoms with Gasteiger partial charge in [-0.15, -0.1) is 0 Å². The summed E-state index contributed by atoms with van der Waals surface area (Å²) in [5.74, 6) is -12.2. The lowest BCUT2D eigenvalue weighted by Crippen LogP contribution is -2.63. The Bertz CT molecular complexity index is 3250. The summed E-state index contributed by atoms with van der Waals surface area (Å²) in [6.45, 7) is 31.0. The second-order valence-electron chi connectivity index (χ2n) is 31.3. The Kier molecular flexibility index (Phi) is 41.4. The first-order chi connectivity index (χ1) is 51.3. The number of rotatable bonds is 44. The Morgan fingerprint density at radius 2 is 1.02 bits per heavy atom. The van der Waals surface area contributed by atoms with Gasteiger partial charge in [-0.25, -0.2) is 9.59 Å². The number of benzene rings is 1. The highest BCUT2D eigenvalue weighted by molar-refractivity contribution is 5.99. The first-order valence-electron chi connectivity index (χ1n) is 38.6. The zero-order chi connectivity index (χ0) is 84.0. The van der Waals surface area contributed by atoms with Crippen molar-refractivity contribution in [1.29, 1.82) is 0 Å². The number of piperazine rings is 1. The lowest BCUT2D eigenvalue weighted by molar-refractivity contribution is -0.164. The van der Waals surface area contributed by atoms with Crippen LogP contribution in [0.15, 0.2) is 42.5 Å². The number of carbonyl (C=O) groups excluding carboxylic acids is 13. The zero-order valence-corrected chi connectivity index (χ0v) is 70.2. The Morgan fingerprint density at radius 3 is 1.53 bits per heavy atom. The molecule has 1 aromatic rings. The van der Waals surface area contributed by atoms with E-state index in [0.29, 0.717) is 12.8 Å². The molecule has 0 saturated carbocycles. The molecule has 622 valence electrons. The van der Waals surface area contributed by atoms with E-state index in [-0.39, 0.29) is 95.3 Å². The molecule has 110 heavy (non-hydrogen) atoms. The molecule has 6 N–H and O–H groups in total. The van der Waals surface area contributed by atoms with Gasteiger partial charge in [0.1, 0.15) is 79.7 Å². The minimum atomic E-state index is -1.57. The van der Waals surface area contributed by atoms with Crippen LogP contribution in [0.3, 0.4) is 0 Å². The van der Waals surface area contributed by atoms with Gasteiger partial charge in [-0.05, 0) is 114 Å². The Morgan fingerprint density at radius 1 is 0.518 bits per heavy atom. The SMILES string of the molecule is C/C=C/C[C@@H](C)[C@@H](OC(C)=O)[C@@H](C(=O)N[C@@H](CC)C(=O)O)N(C)C(=O)[C@H](C(C)C)N(C)C(=O)[C@H](CCC(C)C)N(C)C(=O)[C@H](CC(C)C)N(C)C(=O)[C@@H](C)NC(=O)[C@H](C)NC(=O)[C@H](CC(C)C)N(C)C(=O)[C@H](NC(=O)[C@@H]([C@H](C)COCC(=O)N1CCN(C(=O)OCc2ccccc2)CC1)N(C)C(=O)[C@H](C)NC)C(C)C. The van der Waals surface area contributed by atoms with Crippen LogP contribution in [0.2, 0.25) is 0 Å². The minimum absolute atomic E-state index is 0.00869. The highest BCUT2D eigenvalue weighted by Crippen LogP contribution is 2.27. The number of nitrogens with one attached hydrogen (secondary N) is 5. The molecule has 0 unspecified atom stereocenters. The number of carboxylic acids is 1. The second kappa shape index (κ2) is 46.8. The van der Waals surface area contributed by atoms with Gasteiger partial charge in [0.15, 0.2) is 0 Å². The quantitative estimate of drug-likeness (QED) is 0.0386. The third-order valence-electron chi connectivity index (χ3n) is 20.1.